The standard InChI is InChI=1S/C26H30ClFN6O/c1-15-24(12-30-34(15)26-8-16(9-26)10-26)32-25-29-11-17-6-21(27)20(7-23(17)31-25)19-2-4-33(13-22(19)28)18-3-5-35-14-18/h6-7,11-12,16,18-19,22H,2-5,8-10,13-14H2,1H3,(H,29,31,32)/t16?,18-,19+,22-,26?/m1/s1. The van der Waals surface area contributed by atoms with Gasteiger partial charge in [0.05, 0.1) is 35.2 Å². The van der Waals surface area contributed by atoms with Crippen LogP contribution in [-0.2, 0) is 10.3 Å². The number of piperidine rings is 1. The second-order valence-electron chi connectivity index (χ2n) is 10.9. The number of anilines is 2. The zero-order valence-corrected chi connectivity index (χ0v) is 20.6. The fourth-order valence-electron chi connectivity index (χ4n) is 6.66. The van der Waals surface area contributed by atoms with Gasteiger partial charge in [0.1, 0.15) is 6.17 Å². The van der Waals surface area contributed by atoms with E-state index in [1.807, 2.05) is 18.3 Å². The van der Waals surface area contributed by atoms with Crippen LogP contribution in [0.1, 0.15) is 49.3 Å². The number of fused-ring (bicyclic) bond motifs is 1. The van der Waals surface area contributed by atoms with Crippen LogP contribution in [0, 0.1) is 12.8 Å². The fraction of sp³-hybridized carbons (Fsp3) is 0.577. The topological polar surface area (TPSA) is 68.1 Å². The van der Waals surface area contributed by atoms with Crippen molar-refractivity contribution in [1.82, 2.24) is 24.6 Å². The minimum absolute atomic E-state index is 0.231. The molecule has 4 heterocycles. The number of nitrogens with one attached hydrogen (secondary N) is 1. The number of rotatable bonds is 5. The van der Waals surface area contributed by atoms with Crippen LogP contribution in [0.15, 0.2) is 24.5 Å². The van der Waals surface area contributed by atoms with E-state index in [2.05, 4.69) is 31.9 Å². The van der Waals surface area contributed by atoms with Crippen molar-refractivity contribution >= 4 is 34.1 Å². The van der Waals surface area contributed by atoms with Crippen molar-refractivity contribution in [1.29, 1.82) is 0 Å². The van der Waals surface area contributed by atoms with Gasteiger partial charge in [0, 0.05) is 41.7 Å². The number of aromatic nitrogens is 4. The number of hydrogen-bond acceptors (Lipinski definition) is 6. The summed E-state index contributed by atoms with van der Waals surface area (Å²) in [6, 6.07) is 4.16. The van der Waals surface area contributed by atoms with E-state index < -0.39 is 6.17 Å². The largest absolute Gasteiger partial charge is 0.380 e. The highest BCUT2D eigenvalue weighted by Crippen LogP contribution is 2.62. The maximum atomic E-state index is 15.4. The summed E-state index contributed by atoms with van der Waals surface area (Å²) in [5, 5.41) is 9.45. The normalized spacial score (nSPS) is 32.4. The van der Waals surface area contributed by atoms with Gasteiger partial charge in [-0.05, 0) is 69.2 Å². The quantitative estimate of drug-likeness (QED) is 0.538. The highest BCUT2D eigenvalue weighted by atomic mass is 35.5. The molecule has 7 nitrogen and oxygen atoms in total. The molecule has 5 aliphatic rings. The molecule has 0 unspecified atom stereocenters. The van der Waals surface area contributed by atoms with E-state index in [4.69, 9.17) is 21.3 Å². The molecule has 2 bridgehead atoms. The van der Waals surface area contributed by atoms with Crippen molar-refractivity contribution in [2.24, 2.45) is 5.92 Å². The van der Waals surface area contributed by atoms with Crippen LogP contribution in [0.5, 0.6) is 0 Å². The predicted molar refractivity (Wildman–Crippen MR) is 133 cm³/mol. The summed E-state index contributed by atoms with van der Waals surface area (Å²) in [6.45, 7) is 4.86. The van der Waals surface area contributed by atoms with Crippen molar-refractivity contribution in [3.05, 3.63) is 40.8 Å². The monoisotopic (exact) mass is 496 g/mol. The first-order chi connectivity index (χ1) is 17.0. The van der Waals surface area contributed by atoms with Gasteiger partial charge in [0.15, 0.2) is 0 Å². The maximum absolute atomic E-state index is 15.4. The Kier molecular flexibility index (Phi) is 5.09. The van der Waals surface area contributed by atoms with Gasteiger partial charge in [0.25, 0.3) is 0 Å². The number of ether oxygens (including phenoxy) is 1. The minimum Gasteiger partial charge on any atom is -0.380 e. The Morgan fingerprint density at radius 2 is 2.06 bits per heavy atom. The average Bonchev–Trinajstić information content (AvgIpc) is 3.44. The molecular weight excluding hydrogens is 467 g/mol. The number of likely N-dealkylation sites (tertiary alicyclic amines) is 1. The average molecular weight is 497 g/mol. The molecule has 3 saturated carbocycles. The summed E-state index contributed by atoms with van der Waals surface area (Å²) in [4.78, 5) is 11.5. The number of alkyl halides is 1. The van der Waals surface area contributed by atoms with Crippen molar-refractivity contribution in [2.45, 2.75) is 62.7 Å². The van der Waals surface area contributed by atoms with Gasteiger partial charge in [-0.25, -0.2) is 14.4 Å². The molecule has 1 aromatic carbocycles. The van der Waals surface area contributed by atoms with Crippen LogP contribution in [0.3, 0.4) is 0 Å². The van der Waals surface area contributed by atoms with Gasteiger partial charge in [-0.1, -0.05) is 11.6 Å². The summed E-state index contributed by atoms with van der Waals surface area (Å²) in [7, 11) is 0. The SMILES string of the molecule is Cc1c(Nc2ncc3cc(Cl)c([C@@H]4CCN([C@@H]5CCOC5)C[C@H]4F)cc3n2)cnn1C12CC(C1)C2. The van der Waals surface area contributed by atoms with Crippen molar-refractivity contribution < 1.29 is 9.13 Å². The van der Waals surface area contributed by atoms with Crippen LogP contribution in [0.4, 0.5) is 16.0 Å². The molecular formula is C26H30ClFN6O. The van der Waals surface area contributed by atoms with Crippen molar-refractivity contribution in [3.8, 4) is 0 Å². The van der Waals surface area contributed by atoms with E-state index in [-0.39, 0.29) is 11.5 Å². The number of halogens is 2. The number of benzene rings is 1. The highest BCUT2D eigenvalue weighted by Gasteiger charge is 2.59. The molecule has 3 aliphatic carbocycles. The summed E-state index contributed by atoms with van der Waals surface area (Å²) >= 11 is 6.64. The number of hydrogen-bond donors (Lipinski definition) is 1. The molecule has 2 aromatic heterocycles. The second kappa shape index (κ2) is 8.11. The van der Waals surface area contributed by atoms with E-state index in [1.165, 1.54) is 19.3 Å². The molecule has 184 valence electrons. The first kappa shape index (κ1) is 21.9. The smallest absolute Gasteiger partial charge is 0.227 e. The third-order valence-corrected chi connectivity index (χ3v) is 9.13. The van der Waals surface area contributed by atoms with Gasteiger partial charge < -0.3 is 10.1 Å². The van der Waals surface area contributed by atoms with Gasteiger partial charge in [-0.3, -0.25) is 9.58 Å². The summed E-state index contributed by atoms with van der Waals surface area (Å²) in [5.41, 5.74) is 3.89. The van der Waals surface area contributed by atoms with E-state index >= 15 is 4.39 Å². The molecule has 0 radical (unpaired) electrons. The van der Waals surface area contributed by atoms with Crippen LogP contribution < -0.4 is 5.32 Å². The lowest BCUT2D eigenvalue weighted by Crippen LogP contribution is -2.60. The zero-order valence-electron chi connectivity index (χ0n) is 19.9. The zero-order chi connectivity index (χ0) is 23.7. The lowest BCUT2D eigenvalue weighted by atomic mass is 9.50. The third kappa shape index (κ3) is 3.56. The minimum atomic E-state index is -0.968. The molecule has 3 atom stereocenters. The van der Waals surface area contributed by atoms with E-state index in [0.29, 0.717) is 30.2 Å². The molecule has 9 heteroatoms. The summed E-state index contributed by atoms with van der Waals surface area (Å²) < 4.78 is 23.1. The first-order valence-corrected chi connectivity index (χ1v) is 13.1. The van der Waals surface area contributed by atoms with Gasteiger partial charge >= 0.3 is 0 Å². The number of nitrogens with zero attached hydrogens (tertiary/aromatic N) is 5. The van der Waals surface area contributed by atoms with Gasteiger partial charge in [-0.2, -0.15) is 5.10 Å². The Balaban J connectivity index is 1.13. The van der Waals surface area contributed by atoms with E-state index in [0.717, 1.165) is 59.8 Å². The van der Waals surface area contributed by atoms with Gasteiger partial charge in [-0.15, -0.1) is 0 Å². The predicted octanol–water partition coefficient (Wildman–Crippen LogP) is 4.96. The Bertz CT molecular complexity index is 1270. The Morgan fingerprint density at radius 1 is 1.20 bits per heavy atom. The highest BCUT2D eigenvalue weighted by molar-refractivity contribution is 6.32. The fourth-order valence-corrected chi connectivity index (χ4v) is 6.97. The molecule has 1 N–H and O–H groups in total. The van der Waals surface area contributed by atoms with E-state index in [9.17, 15) is 0 Å². The van der Waals surface area contributed by atoms with E-state index in [1.54, 1.807) is 6.20 Å². The molecule has 5 fully saturated rings. The Hall–Kier alpha value is -2.29. The maximum Gasteiger partial charge on any atom is 0.227 e. The Morgan fingerprint density at radius 3 is 2.77 bits per heavy atom. The summed E-state index contributed by atoms with van der Waals surface area (Å²) in [5.74, 6) is 1.18. The lowest BCUT2D eigenvalue weighted by molar-refractivity contribution is -0.0990. The van der Waals surface area contributed by atoms with Crippen LogP contribution in [0.25, 0.3) is 10.9 Å². The molecule has 8 rings (SSSR count). The first-order valence-electron chi connectivity index (χ1n) is 12.7. The Labute approximate surface area is 209 Å². The molecule has 2 saturated heterocycles. The second-order valence-corrected chi connectivity index (χ2v) is 11.3. The lowest BCUT2D eigenvalue weighted by Gasteiger charge is -2.61. The molecule has 35 heavy (non-hydrogen) atoms. The summed E-state index contributed by atoms with van der Waals surface area (Å²) in [6.07, 6.45) is 8.13. The van der Waals surface area contributed by atoms with Crippen molar-refractivity contribution in [3.63, 3.8) is 0 Å². The van der Waals surface area contributed by atoms with Crippen LogP contribution in [-0.4, -0.2) is 63.2 Å². The van der Waals surface area contributed by atoms with Crippen LogP contribution >= 0.6 is 11.6 Å². The molecule has 3 aromatic rings. The molecule has 2 aliphatic heterocycles. The van der Waals surface area contributed by atoms with Crippen molar-refractivity contribution in [2.75, 3.05) is 31.6 Å². The molecule has 0 spiro atoms. The van der Waals surface area contributed by atoms with Crippen LogP contribution in [0.2, 0.25) is 5.02 Å². The molecule has 0 amide bonds. The third-order valence-electron chi connectivity index (χ3n) is 8.80. The van der Waals surface area contributed by atoms with Gasteiger partial charge in [0.2, 0.25) is 5.95 Å².